The number of carboxylic acid groups (broad SMARTS) is 2. The van der Waals surface area contributed by atoms with Crippen molar-refractivity contribution in [2.75, 3.05) is 13.1 Å². The van der Waals surface area contributed by atoms with Crippen molar-refractivity contribution in [1.29, 1.82) is 0 Å². The van der Waals surface area contributed by atoms with Crippen LogP contribution in [0.25, 0.3) is 0 Å². The van der Waals surface area contributed by atoms with E-state index in [0.717, 1.165) is 0 Å². The molecule has 1 rings (SSSR count). The van der Waals surface area contributed by atoms with Gasteiger partial charge in [-0.25, -0.2) is 4.79 Å². The van der Waals surface area contributed by atoms with Gasteiger partial charge < -0.3 is 37.6 Å². The highest BCUT2D eigenvalue weighted by Gasteiger charge is 2.27. The normalized spacial score (nSPS) is 13.2. The van der Waals surface area contributed by atoms with Crippen molar-refractivity contribution in [3.05, 3.63) is 35.9 Å². The maximum atomic E-state index is 12.7. The van der Waals surface area contributed by atoms with Gasteiger partial charge in [0.1, 0.15) is 12.1 Å². The second-order valence-corrected chi connectivity index (χ2v) is 7.75. The molecule has 0 saturated carbocycles. The van der Waals surface area contributed by atoms with E-state index in [-0.39, 0.29) is 12.8 Å². The molecule has 9 N–H and O–H groups in total. The molecule has 0 aliphatic carbocycles. The molecule has 0 aliphatic rings. The zero-order valence-corrected chi connectivity index (χ0v) is 18.9. The molecule has 12 nitrogen and oxygen atoms in total. The quantitative estimate of drug-likeness (QED) is 0.140. The summed E-state index contributed by atoms with van der Waals surface area (Å²) in [6.07, 6.45) is 1.06. The monoisotopic (exact) mass is 479 g/mol. The zero-order chi connectivity index (χ0) is 25.5. The molecule has 0 fully saturated rings. The number of amides is 3. The third-order valence-corrected chi connectivity index (χ3v) is 4.93. The summed E-state index contributed by atoms with van der Waals surface area (Å²) in [7, 11) is 0. The van der Waals surface area contributed by atoms with Crippen LogP contribution in [0, 0.1) is 0 Å². The number of hydrogen-bond donors (Lipinski definition) is 7. The van der Waals surface area contributed by atoms with Crippen LogP contribution in [0.5, 0.6) is 0 Å². The summed E-state index contributed by atoms with van der Waals surface area (Å²) in [5.41, 5.74) is 11.8. The van der Waals surface area contributed by atoms with Gasteiger partial charge in [0.15, 0.2) is 0 Å². The van der Waals surface area contributed by atoms with Crippen LogP contribution in [-0.2, 0) is 30.4 Å². The van der Waals surface area contributed by atoms with Gasteiger partial charge in [0, 0.05) is 12.8 Å². The summed E-state index contributed by atoms with van der Waals surface area (Å²) in [4.78, 5) is 59.6. The van der Waals surface area contributed by atoms with Crippen molar-refractivity contribution in [2.45, 2.75) is 56.7 Å². The van der Waals surface area contributed by atoms with Crippen molar-refractivity contribution in [1.82, 2.24) is 16.0 Å². The Bertz CT molecular complexity index is 834. The van der Waals surface area contributed by atoms with Gasteiger partial charge in [0.2, 0.25) is 17.7 Å². The van der Waals surface area contributed by atoms with E-state index < -0.39 is 60.8 Å². The summed E-state index contributed by atoms with van der Waals surface area (Å²) in [5, 5.41) is 25.5. The van der Waals surface area contributed by atoms with E-state index in [9.17, 15) is 29.1 Å². The number of carboxylic acids is 2. The second-order valence-electron chi connectivity index (χ2n) is 7.75. The lowest BCUT2D eigenvalue weighted by molar-refractivity contribution is -0.143. The number of rotatable bonds is 16. The molecule has 3 unspecified atom stereocenters. The van der Waals surface area contributed by atoms with E-state index in [1.54, 1.807) is 30.3 Å². The summed E-state index contributed by atoms with van der Waals surface area (Å²) in [6, 6.07) is 5.21. The van der Waals surface area contributed by atoms with E-state index in [0.29, 0.717) is 31.4 Å². The zero-order valence-electron chi connectivity index (χ0n) is 18.9. The van der Waals surface area contributed by atoms with Crippen LogP contribution in [0.2, 0.25) is 0 Å². The summed E-state index contributed by atoms with van der Waals surface area (Å²) in [5.74, 6) is -4.61. The molecule has 3 atom stereocenters. The average Bonchev–Trinajstić information content (AvgIpc) is 2.80. The van der Waals surface area contributed by atoms with Crippen molar-refractivity contribution in [2.24, 2.45) is 11.5 Å². The lowest BCUT2D eigenvalue weighted by atomic mass is 10.0. The standard InChI is InChI=1S/C22H33N5O7/c23-11-5-4-8-15(24)20(31)25-13-18(28)26-16(9-10-19(29)30)21(32)27-17(22(33)34)12-14-6-2-1-3-7-14/h1-3,6-7,15-17H,4-5,8-13,23-24H2,(H,25,31)(H,26,28)(H,27,32)(H,29,30)(H,33,34). The third-order valence-electron chi connectivity index (χ3n) is 4.93. The molecule has 0 heterocycles. The average molecular weight is 480 g/mol. The molecule has 0 aromatic heterocycles. The third kappa shape index (κ3) is 11.4. The van der Waals surface area contributed by atoms with E-state index in [4.69, 9.17) is 16.6 Å². The predicted molar refractivity (Wildman–Crippen MR) is 122 cm³/mol. The highest BCUT2D eigenvalue weighted by atomic mass is 16.4. The fraction of sp³-hybridized carbons (Fsp3) is 0.500. The van der Waals surface area contributed by atoms with Crippen LogP contribution in [0.4, 0.5) is 0 Å². The maximum Gasteiger partial charge on any atom is 0.326 e. The number of hydrogen-bond acceptors (Lipinski definition) is 7. The van der Waals surface area contributed by atoms with Gasteiger partial charge in [-0.1, -0.05) is 36.8 Å². The number of nitrogens with one attached hydrogen (secondary N) is 3. The molecule has 1 aromatic rings. The minimum Gasteiger partial charge on any atom is -0.481 e. The molecule has 0 saturated heterocycles. The van der Waals surface area contributed by atoms with E-state index in [1.807, 2.05) is 0 Å². The molecule has 0 spiro atoms. The van der Waals surface area contributed by atoms with Crippen molar-refractivity contribution in [3.8, 4) is 0 Å². The lowest BCUT2D eigenvalue weighted by Gasteiger charge is -2.21. The van der Waals surface area contributed by atoms with Crippen LogP contribution in [0.3, 0.4) is 0 Å². The molecule has 12 heteroatoms. The minimum absolute atomic E-state index is 0.000385. The first-order chi connectivity index (χ1) is 16.1. The predicted octanol–water partition coefficient (Wildman–Crippen LogP) is -1.28. The SMILES string of the molecule is NCCCCC(N)C(=O)NCC(=O)NC(CCC(=O)O)C(=O)NC(Cc1ccccc1)C(=O)O. The van der Waals surface area contributed by atoms with Crippen molar-refractivity contribution in [3.63, 3.8) is 0 Å². The highest BCUT2D eigenvalue weighted by Crippen LogP contribution is 2.06. The van der Waals surface area contributed by atoms with Gasteiger partial charge in [-0.05, 0) is 31.4 Å². The van der Waals surface area contributed by atoms with Crippen LogP contribution in [-0.4, -0.2) is 71.1 Å². The molecule has 0 bridgehead atoms. The molecule has 3 amide bonds. The molecule has 188 valence electrons. The fourth-order valence-electron chi connectivity index (χ4n) is 3.04. The Labute approximate surface area is 197 Å². The molecular formula is C22H33N5O7. The second kappa shape index (κ2) is 15.3. The summed E-state index contributed by atoms with van der Waals surface area (Å²) in [6.45, 7) is -0.00271. The number of benzene rings is 1. The Morgan fingerprint density at radius 3 is 2.15 bits per heavy atom. The Hall–Kier alpha value is -3.51. The number of unbranched alkanes of at least 4 members (excludes halogenated alkanes) is 1. The minimum atomic E-state index is -1.31. The van der Waals surface area contributed by atoms with Crippen molar-refractivity contribution < 1.29 is 34.2 Å². The molecule has 1 aromatic carbocycles. The number of carbonyl (C=O) groups excluding carboxylic acids is 3. The first-order valence-electron chi connectivity index (χ1n) is 11.0. The fourth-order valence-corrected chi connectivity index (χ4v) is 3.04. The van der Waals surface area contributed by atoms with Crippen LogP contribution in [0.1, 0.15) is 37.7 Å². The van der Waals surface area contributed by atoms with Gasteiger partial charge in [0.25, 0.3) is 0 Å². The van der Waals surface area contributed by atoms with Crippen LogP contribution >= 0.6 is 0 Å². The van der Waals surface area contributed by atoms with Crippen LogP contribution < -0.4 is 27.4 Å². The number of carbonyl (C=O) groups is 5. The Morgan fingerprint density at radius 1 is 0.882 bits per heavy atom. The Morgan fingerprint density at radius 2 is 1.56 bits per heavy atom. The first kappa shape index (κ1) is 28.5. The molecule has 34 heavy (non-hydrogen) atoms. The maximum absolute atomic E-state index is 12.7. The van der Waals surface area contributed by atoms with Gasteiger partial charge in [-0.2, -0.15) is 0 Å². The number of aliphatic carboxylic acids is 2. The van der Waals surface area contributed by atoms with E-state index in [1.165, 1.54) is 0 Å². The van der Waals surface area contributed by atoms with Crippen LogP contribution in [0.15, 0.2) is 30.3 Å². The largest absolute Gasteiger partial charge is 0.481 e. The van der Waals surface area contributed by atoms with Gasteiger partial charge >= 0.3 is 11.9 Å². The number of nitrogens with two attached hydrogens (primary N) is 2. The lowest BCUT2D eigenvalue weighted by Crippen LogP contribution is -2.54. The first-order valence-corrected chi connectivity index (χ1v) is 11.0. The summed E-state index contributed by atoms with van der Waals surface area (Å²) < 4.78 is 0. The van der Waals surface area contributed by atoms with Gasteiger partial charge in [-0.15, -0.1) is 0 Å². The molecule has 0 radical (unpaired) electrons. The summed E-state index contributed by atoms with van der Waals surface area (Å²) >= 11 is 0. The van der Waals surface area contributed by atoms with E-state index in [2.05, 4.69) is 16.0 Å². The molecule has 0 aliphatic heterocycles. The molecular weight excluding hydrogens is 446 g/mol. The smallest absolute Gasteiger partial charge is 0.326 e. The van der Waals surface area contributed by atoms with Crippen molar-refractivity contribution >= 4 is 29.7 Å². The Kier molecular flexibility index (Phi) is 12.9. The van der Waals surface area contributed by atoms with E-state index >= 15 is 0 Å². The Balaban J connectivity index is 2.71. The topological polar surface area (TPSA) is 214 Å². The van der Waals surface area contributed by atoms with Gasteiger partial charge in [-0.3, -0.25) is 19.2 Å². The highest BCUT2D eigenvalue weighted by molar-refractivity contribution is 5.92. The van der Waals surface area contributed by atoms with Gasteiger partial charge in [0.05, 0.1) is 12.6 Å².